The number of Topliss-reactive ketones (excluding diaryl/α,β-unsaturated/α-hetero) is 1. The molecule has 0 atom stereocenters. The first-order valence-corrected chi connectivity index (χ1v) is 3.00. The molecule has 0 aliphatic rings. The summed E-state index contributed by atoms with van der Waals surface area (Å²) >= 11 is 0. The third-order valence-corrected chi connectivity index (χ3v) is 1.27. The number of benzene rings is 1. The normalized spacial score (nSPS) is 8.45. The van der Waals surface area contributed by atoms with Crippen molar-refractivity contribution in [3.8, 4) is 5.75 Å². The molecule has 0 aliphatic carbocycles. The van der Waals surface area contributed by atoms with Gasteiger partial charge in [-0.05, 0) is 31.2 Å². The predicted octanol–water partition coefficient (Wildman–Crippen LogP) is 1.76. The summed E-state index contributed by atoms with van der Waals surface area (Å²) < 4.78 is 0. The lowest BCUT2D eigenvalue weighted by Gasteiger charge is -1.93. The molecule has 0 saturated carbocycles. The van der Waals surface area contributed by atoms with Gasteiger partial charge in [0, 0.05) is 5.56 Å². The summed E-state index contributed by atoms with van der Waals surface area (Å²) in [6.07, 6.45) is 0. The van der Waals surface area contributed by atoms with E-state index in [1.54, 1.807) is 12.1 Å². The molecule has 0 radical (unpaired) electrons. The number of hydrogen-bond donors (Lipinski definition) is 2. The Hall–Kier alpha value is -1.35. The Morgan fingerprint density at radius 1 is 1.27 bits per heavy atom. The van der Waals surface area contributed by atoms with Gasteiger partial charge in [0.25, 0.3) is 0 Å². The van der Waals surface area contributed by atoms with Crippen molar-refractivity contribution in [1.29, 1.82) is 0 Å². The number of aromatic hydroxyl groups is 1. The maximum absolute atomic E-state index is 10.7. The summed E-state index contributed by atoms with van der Waals surface area (Å²) in [6.45, 7) is 1.49. The zero-order valence-electron chi connectivity index (χ0n) is 6.37. The molecule has 0 amide bonds. The van der Waals surface area contributed by atoms with Gasteiger partial charge >= 0.3 is 0 Å². The molecule has 1 aromatic carbocycles. The summed E-state index contributed by atoms with van der Waals surface area (Å²) in [7, 11) is 0. The van der Waals surface area contributed by atoms with Gasteiger partial charge in [0.05, 0.1) is 0 Å². The number of carbonyl (C=O) groups excluding carboxylic acids is 1. The van der Waals surface area contributed by atoms with Gasteiger partial charge in [0.1, 0.15) is 5.75 Å². The molecule has 0 aromatic heterocycles. The number of ketones is 1. The van der Waals surface area contributed by atoms with Crippen LogP contribution in [0.5, 0.6) is 5.75 Å². The van der Waals surface area contributed by atoms with Gasteiger partial charge in [-0.2, -0.15) is 0 Å². The zero-order chi connectivity index (χ0) is 7.56. The average Bonchev–Trinajstić information content (AvgIpc) is 1.88. The van der Waals surface area contributed by atoms with Gasteiger partial charge in [-0.3, -0.25) is 4.79 Å². The molecule has 0 spiro atoms. The number of carbonyl (C=O) groups is 1. The molecule has 0 fully saturated rings. The fraction of sp³-hybridized carbons (Fsp3) is 0.125. The molecule has 3 heteroatoms. The SMILES string of the molecule is CC(=O)c1ccc(O)cc1.N. The van der Waals surface area contributed by atoms with Crippen LogP contribution >= 0.6 is 0 Å². The van der Waals surface area contributed by atoms with Gasteiger partial charge in [-0.15, -0.1) is 0 Å². The standard InChI is InChI=1S/C8H8O2.H3N/c1-6(9)7-2-4-8(10)5-3-7;/h2-5,10H,1H3;1H3. The van der Waals surface area contributed by atoms with Gasteiger partial charge in [0.15, 0.2) is 5.78 Å². The molecule has 1 aromatic rings. The Balaban J connectivity index is 0.000001000. The van der Waals surface area contributed by atoms with Crippen LogP contribution < -0.4 is 6.15 Å². The van der Waals surface area contributed by atoms with Crippen molar-refractivity contribution in [1.82, 2.24) is 6.15 Å². The van der Waals surface area contributed by atoms with Crippen molar-refractivity contribution in [3.63, 3.8) is 0 Å². The van der Waals surface area contributed by atoms with Crippen LogP contribution in [0.1, 0.15) is 17.3 Å². The highest BCUT2D eigenvalue weighted by Crippen LogP contribution is 2.09. The van der Waals surface area contributed by atoms with Gasteiger partial charge in [-0.1, -0.05) is 0 Å². The van der Waals surface area contributed by atoms with Crippen LogP contribution in [0.15, 0.2) is 24.3 Å². The Bertz CT molecular complexity index is 241. The molecule has 0 heterocycles. The van der Waals surface area contributed by atoms with Crippen molar-refractivity contribution in [2.45, 2.75) is 6.92 Å². The van der Waals surface area contributed by atoms with E-state index in [9.17, 15) is 4.79 Å². The predicted molar refractivity (Wildman–Crippen MR) is 43.1 cm³/mol. The van der Waals surface area contributed by atoms with Crippen LogP contribution in [-0.4, -0.2) is 10.9 Å². The lowest BCUT2D eigenvalue weighted by atomic mass is 10.1. The topological polar surface area (TPSA) is 72.3 Å². The van der Waals surface area contributed by atoms with Crippen LogP contribution in [0.3, 0.4) is 0 Å². The Labute approximate surface area is 65.3 Å². The highest BCUT2D eigenvalue weighted by Gasteiger charge is 1.96. The first-order chi connectivity index (χ1) is 4.70. The van der Waals surface area contributed by atoms with Gasteiger partial charge in [-0.25, -0.2) is 0 Å². The Morgan fingerprint density at radius 3 is 2.09 bits per heavy atom. The minimum absolute atomic E-state index is 0. The van der Waals surface area contributed by atoms with E-state index in [-0.39, 0.29) is 17.7 Å². The quantitative estimate of drug-likeness (QED) is 0.604. The second kappa shape index (κ2) is 3.73. The van der Waals surface area contributed by atoms with Crippen LogP contribution in [0, 0.1) is 0 Å². The lowest BCUT2D eigenvalue weighted by Crippen LogP contribution is -1.89. The highest BCUT2D eigenvalue weighted by molar-refractivity contribution is 5.94. The molecule has 1 rings (SSSR count). The van der Waals surface area contributed by atoms with E-state index in [4.69, 9.17) is 5.11 Å². The second-order valence-corrected chi connectivity index (χ2v) is 2.10. The first kappa shape index (κ1) is 9.65. The van der Waals surface area contributed by atoms with E-state index in [0.717, 1.165) is 0 Å². The van der Waals surface area contributed by atoms with Crippen LogP contribution in [0.2, 0.25) is 0 Å². The fourth-order valence-corrected chi connectivity index (χ4v) is 0.696. The first-order valence-electron chi connectivity index (χ1n) is 3.00. The molecule has 0 saturated heterocycles. The molecule has 60 valence electrons. The molecule has 4 N–H and O–H groups in total. The summed E-state index contributed by atoms with van der Waals surface area (Å²) in [5, 5.41) is 8.83. The molecule has 0 aliphatic heterocycles. The molecular formula is C8H11NO2. The third kappa shape index (κ3) is 2.39. The monoisotopic (exact) mass is 153 g/mol. The largest absolute Gasteiger partial charge is 0.508 e. The Morgan fingerprint density at radius 2 is 1.73 bits per heavy atom. The maximum atomic E-state index is 10.7. The van der Waals surface area contributed by atoms with E-state index >= 15 is 0 Å². The number of rotatable bonds is 1. The molecule has 0 unspecified atom stereocenters. The highest BCUT2D eigenvalue weighted by atomic mass is 16.3. The third-order valence-electron chi connectivity index (χ3n) is 1.27. The van der Waals surface area contributed by atoms with Crippen molar-refractivity contribution < 1.29 is 9.90 Å². The molecule has 0 bridgehead atoms. The zero-order valence-corrected chi connectivity index (χ0v) is 6.37. The Kier molecular flexibility index (Phi) is 3.27. The smallest absolute Gasteiger partial charge is 0.159 e. The second-order valence-electron chi connectivity index (χ2n) is 2.10. The average molecular weight is 153 g/mol. The van der Waals surface area contributed by atoms with Crippen LogP contribution in [-0.2, 0) is 0 Å². The van der Waals surface area contributed by atoms with E-state index in [2.05, 4.69) is 0 Å². The number of phenols is 1. The van der Waals surface area contributed by atoms with E-state index in [1.807, 2.05) is 0 Å². The molecular weight excluding hydrogens is 142 g/mol. The van der Waals surface area contributed by atoms with Crippen LogP contribution in [0.4, 0.5) is 0 Å². The maximum Gasteiger partial charge on any atom is 0.159 e. The number of phenolic OH excluding ortho intramolecular Hbond substituents is 1. The van der Waals surface area contributed by atoms with E-state index < -0.39 is 0 Å². The molecule has 3 nitrogen and oxygen atoms in total. The lowest BCUT2D eigenvalue weighted by molar-refractivity contribution is 0.101. The fourth-order valence-electron chi connectivity index (χ4n) is 0.696. The van der Waals surface area contributed by atoms with Crippen LogP contribution in [0.25, 0.3) is 0 Å². The summed E-state index contributed by atoms with van der Waals surface area (Å²) in [5.74, 6) is 0.199. The van der Waals surface area contributed by atoms with E-state index in [0.29, 0.717) is 5.56 Å². The summed E-state index contributed by atoms with van der Waals surface area (Å²) in [4.78, 5) is 10.7. The van der Waals surface area contributed by atoms with Crippen molar-refractivity contribution in [2.24, 2.45) is 0 Å². The van der Waals surface area contributed by atoms with E-state index in [1.165, 1.54) is 19.1 Å². The van der Waals surface area contributed by atoms with Gasteiger partial charge in [0.2, 0.25) is 0 Å². The molecule has 11 heavy (non-hydrogen) atoms. The minimum atomic E-state index is 0. The summed E-state index contributed by atoms with van der Waals surface area (Å²) in [6, 6.07) is 6.18. The minimum Gasteiger partial charge on any atom is -0.508 e. The van der Waals surface area contributed by atoms with Gasteiger partial charge < -0.3 is 11.3 Å². The van der Waals surface area contributed by atoms with Crippen molar-refractivity contribution >= 4 is 5.78 Å². The van der Waals surface area contributed by atoms with Crippen molar-refractivity contribution in [2.75, 3.05) is 0 Å². The van der Waals surface area contributed by atoms with Crippen molar-refractivity contribution in [3.05, 3.63) is 29.8 Å². The summed E-state index contributed by atoms with van der Waals surface area (Å²) in [5.41, 5.74) is 0.623. The number of hydrogen-bond acceptors (Lipinski definition) is 3.